The number of nitrogens with two attached hydrogens (primary N) is 1. The van der Waals surface area contributed by atoms with Gasteiger partial charge in [-0.15, -0.1) is 11.3 Å². The molecule has 6 rings (SSSR count). The smallest absolute Gasteiger partial charge is 0.255 e. The number of thiazole rings is 1. The number of anilines is 2. The minimum absolute atomic E-state index is 0.00258. The van der Waals surface area contributed by atoms with Crippen molar-refractivity contribution in [2.24, 2.45) is 5.14 Å². The van der Waals surface area contributed by atoms with Crippen molar-refractivity contribution in [2.75, 3.05) is 36.4 Å². The van der Waals surface area contributed by atoms with Gasteiger partial charge in [0.05, 0.1) is 4.90 Å². The van der Waals surface area contributed by atoms with Crippen molar-refractivity contribution in [1.82, 2.24) is 15.2 Å². The highest BCUT2D eigenvalue weighted by Gasteiger charge is 2.40. The molecule has 0 aliphatic carbocycles. The summed E-state index contributed by atoms with van der Waals surface area (Å²) in [6.07, 6.45) is 1.49. The average Bonchev–Trinajstić information content (AvgIpc) is 3.60. The number of carbonyl (C=O) groups excluding carboxylic acids is 2. The van der Waals surface area contributed by atoms with Crippen molar-refractivity contribution in [3.8, 4) is 11.1 Å². The summed E-state index contributed by atoms with van der Waals surface area (Å²) in [6.45, 7) is 3.75. The third kappa shape index (κ3) is 5.51. The van der Waals surface area contributed by atoms with Gasteiger partial charge in [-0.05, 0) is 59.2 Å². The van der Waals surface area contributed by atoms with Gasteiger partial charge in [-0.2, -0.15) is 0 Å². The molecule has 2 aliphatic heterocycles. The number of fused-ring (bicyclic) bond motifs is 1. The third-order valence-corrected chi connectivity index (χ3v) is 9.09. The van der Waals surface area contributed by atoms with E-state index in [9.17, 15) is 22.4 Å². The minimum atomic E-state index is -4.36. The number of hydrogen-bond donors (Lipinski definition) is 3. The second-order valence-electron chi connectivity index (χ2n) is 10.0. The maximum atomic E-state index is 14.5. The zero-order chi connectivity index (χ0) is 29.4. The fraction of sp³-hybridized carbons (Fsp3) is 0.207. The number of hydrogen-bond acceptors (Lipinski definition) is 8. The van der Waals surface area contributed by atoms with Gasteiger partial charge in [0.2, 0.25) is 10.0 Å². The van der Waals surface area contributed by atoms with Crippen molar-refractivity contribution in [3.05, 3.63) is 94.7 Å². The van der Waals surface area contributed by atoms with E-state index in [0.717, 1.165) is 72.5 Å². The first kappa shape index (κ1) is 28.0. The Balaban J connectivity index is 1.34. The van der Waals surface area contributed by atoms with Crippen LogP contribution in [0.3, 0.4) is 0 Å². The van der Waals surface area contributed by atoms with Crippen LogP contribution in [0.1, 0.15) is 27.5 Å². The van der Waals surface area contributed by atoms with E-state index < -0.39 is 38.6 Å². The Morgan fingerprint density at radius 1 is 1.05 bits per heavy atom. The quantitative estimate of drug-likeness (QED) is 0.293. The summed E-state index contributed by atoms with van der Waals surface area (Å²) in [5.74, 6) is -2.01. The maximum absolute atomic E-state index is 14.5. The molecule has 216 valence electrons. The van der Waals surface area contributed by atoms with Crippen LogP contribution in [0.2, 0.25) is 0 Å². The Hall–Kier alpha value is -4.17. The summed E-state index contributed by atoms with van der Waals surface area (Å²) in [7, 11) is -4.36. The largest absolute Gasteiger partial charge is 0.369 e. The van der Waals surface area contributed by atoms with E-state index in [-0.39, 0.29) is 17.2 Å². The molecule has 13 heteroatoms. The van der Waals surface area contributed by atoms with E-state index in [1.807, 2.05) is 24.3 Å². The molecule has 10 nitrogen and oxygen atoms in total. The zero-order valence-corrected chi connectivity index (χ0v) is 23.9. The molecule has 3 heterocycles. The van der Waals surface area contributed by atoms with Crippen molar-refractivity contribution in [1.29, 1.82) is 0 Å². The number of nitrogens with one attached hydrogen (secondary N) is 2. The van der Waals surface area contributed by atoms with Crippen LogP contribution < -0.4 is 20.7 Å². The number of aromatic nitrogens is 1. The monoisotopic (exact) mass is 606 g/mol. The number of nitrogens with zero attached hydrogens (tertiary/aromatic N) is 3. The van der Waals surface area contributed by atoms with Gasteiger partial charge in [-0.1, -0.05) is 18.2 Å². The lowest BCUT2D eigenvalue weighted by molar-refractivity contribution is -0.120. The van der Waals surface area contributed by atoms with Crippen molar-refractivity contribution < 1.29 is 22.4 Å². The van der Waals surface area contributed by atoms with Gasteiger partial charge >= 0.3 is 0 Å². The fourth-order valence-corrected chi connectivity index (χ4v) is 6.71. The molecule has 4 aromatic rings. The van der Waals surface area contributed by atoms with Crippen LogP contribution in [0.15, 0.2) is 77.1 Å². The highest BCUT2D eigenvalue weighted by Crippen LogP contribution is 2.37. The first-order valence-electron chi connectivity index (χ1n) is 13.2. The molecule has 0 saturated carbocycles. The lowest BCUT2D eigenvalue weighted by Gasteiger charge is -2.29. The van der Waals surface area contributed by atoms with Crippen LogP contribution in [0.4, 0.5) is 15.2 Å². The van der Waals surface area contributed by atoms with Gasteiger partial charge < -0.3 is 15.1 Å². The first-order valence-corrected chi connectivity index (χ1v) is 15.6. The number of benzene rings is 3. The van der Waals surface area contributed by atoms with Crippen LogP contribution in [-0.2, 0) is 21.4 Å². The lowest BCUT2D eigenvalue weighted by Crippen LogP contribution is -2.43. The van der Waals surface area contributed by atoms with Gasteiger partial charge in [-0.25, -0.2) is 22.9 Å². The number of piperazine rings is 1. The minimum Gasteiger partial charge on any atom is -0.369 e. The van der Waals surface area contributed by atoms with E-state index >= 15 is 0 Å². The molecule has 4 N–H and O–H groups in total. The van der Waals surface area contributed by atoms with Gasteiger partial charge in [0.1, 0.15) is 11.9 Å². The number of carbonyl (C=O) groups is 2. The SMILES string of the molecule is NS(=O)(=O)c1ccc(F)cc1C(C(=O)Nc1nccs1)N1Cc2cc(-c3ccc(N4CCNCC4)cc3)ccc2C1=O. The van der Waals surface area contributed by atoms with E-state index in [1.165, 1.54) is 11.1 Å². The predicted octanol–water partition coefficient (Wildman–Crippen LogP) is 3.34. The van der Waals surface area contributed by atoms with Crippen LogP contribution in [0, 0.1) is 5.82 Å². The van der Waals surface area contributed by atoms with Gasteiger partial charge in [0, 0.05) is 61.1 Å². The molecule has 0 bridgehead atoms. The second kappa shape index (κ2) is 11.2. The number of halogens is 1. The number of sulfonamides is 1. The number of rotatable bonds is 7. The summed E-state index contributed by atoms with van der Waals surface area (Å²) in [5.41, 5.74) is 3.77. The predicted molar refractivity (Wildman–Crippen MR) is 158 cm³/mol. The standard InChI is InChI=1S/C29H27FN6O4S2/c30-21-4-8-25(42(31,39)40)24(16-21)26(27(37)34-29-33-11-14-41-29)36-17-20-15-19(3-7-23(20)28(36)38)18-1-5-22(6-2-18)35-12-9-32-10-13-35/h1-8,11,14-16,26,32H,9-10,12-13,17H2,(H2,31,39,40)(H,33,34,37). The molecule has 1 unspecified atom stereocenters. The molecule has 0 radical (unpaired) electrons. The molecule has 2 amide bonds. The Kier molecular flexibility index (Phi) is 7.49. The van der Waals surface area contributed by atoms with E-state index in [1.54, 1.807) is 11.4 Å². The molecule has 42 heavy (non-hydrogen) atoms. The van der Waals surface area contributed by atoms with E-state index in [0.29, 0.717) is 11.1 Å². The Bertz CT molecular complexity index is 1760. The molecular formula is C29H27FN6O4S2. The zero-order valence-electron chi connectivity index (χ0n) is 22.3. The van der Waals surface area contributed by atoms with Crippen LogP contribution >= 0.6 is 11.3 Å². The number of amides is 2. The van der Waals surface area contributed by atoms with Crippen LogP contribution in [0.25, 0.3) is 11.1 Å². The third-order valence-electron chi connectivity index (χ3n) is 7.42. The summed E-state index contributed by atoms with van der Waals surface area (Å²) in [5, 5.41) is 13.3. The summed E-state index contributed by atoms with van der Waals surface area (Å²) < 4.78 is 39.4. The Labute approximate surface area is 246 Å². The Morgan fingerprint density at radius 3 is 2.48 bits per heavy atom. The van der Waals surface area contributed by atoms with E-state index in [2.05, 4.69) is 32.7 Å². The lowest BCUT2D eigenvalue weighted by atomic mass is 10.00. The van der Waals surface area contributed by atoms with Gasteiger partial charge in [-0.3, -0.25) is 14.9 Å². The second-order valence-corrected chi connectivity index (χ2v) is 12.5. The first-order chi connectivity index (χ1) is 20.2. The highest BCUT2D eigenvalue weighted by atomic mass is 32.2. The highest BCUT2D eigenvalue weighted by molar-refractivity contribution is 7.89. The fourth-order valence-electron chi connectivity index (χ4n) is 5.42. The molecule has 3 aromatic carbocycles. The maximum Gasteiger partial charge on any atom is 0.255 e. The summed E-state index contributed by atoms with van der Waals surface area (Å²) in [6, 6.07) is 15.0. The van der Waals surface area contributed by atoms with Gasteiger partial charge in [0.15, 0.2) is 5.13 Å². The molecule has 1 atom stereocenters. The van der Waals surface area contributed by atoms with Crippen LogP contribution in [0.5, 0.6) is 0 Å². The van der Waals surface area contributed by atoms with Crippen molar-refractivity contribution in [3.63, 3.8) is 0 Å². The average molecular weight is 607 g/mol. The normalized spacial score (nSPS) is 15.9. The molecule has 0 spiro atoms. The molecule has 2 aliphatic rings. The summed E-state index contributed by atoms with van der Waals surface area (Å²) in [4.78, 5) is 34.5. The molecule has 1 aromatic heterocycles. The number of primary sulfonamides is 1. The Morgan fingerprint density at radius 2 is 1.79 bits per heavy atom. The van der Waals surface area contributed by atoms with E-state index in [4.69, 9.17) is 5.14 Å². The summed E-state index contributed by atoms with van der Waals surface area (Å²) >= 11 is 1.15. The van der Waals surface area contributed by atoms with Crippen LogP contribution in [-0.4, -0.2) is 56.3 Å². The topological polar surface area (TPSA) is 138 Å². The molecule has 1 saturated heterocycles. The molecule has 1 fully saturated rings. The van der Waals surface area contributed by atoms with Crippen molar-refractivity contribution in [2.45, 2.75) is 17.5 Å². The van der Waals surface area contributed by atoms with Gasteiger partial charge in [0.25, 0.3) is 11.8 Å². The van der Waals surface area contributed by atoms with Crippen molar-refractivity contribution >= 4 is 44.0 Å². The molecular weight excluding hydrogens is 579 g/mol.